The molecule has 5 rings (SSSR count). The number of aliphatic hydroxyl groups is 1. The SMILES string of the molecule is CC(C)[Si](Oc1ccc2c(c1)S[C@@H]([C@@H](O)c1ccc(OCCN3CCCC3)cc1)c1cc(O[Si](C)(C)C(C)(C)C)ccc1-2)(C(C)C)C(C)C. The molecule has 1 fully saturated rings. The highest BCUT2D eigenvalue weighted by atomic mass is 32.2. The van der Waals surface area contributed by atoms with Gasteiger partial charge in [-0.1, -0.05) is 80.5 Å². The van der Waals surface area contributed by atoms with Gasteiger partial charge in [-0.3, -0.25) is 4.90 Å². The normalized spacial score (nSPS) is 17.7. The van der Waals surface area contributed by atoms with Crippen molar-refractivity contribution >= 4 is 28.4 Å². The lowest BCUT2D eigenvalue weighted by atomic mass is 9.92. The molecule has 2 aliphatic heterocycles. The van der Waals surface area contributed by atoms with Crippen molar-refractivity contribution in [3.8, 4) is 28.4 Å². The van der Waals surface area contributed by atoms with Crippen molar-refractivity contribution in [2.45, 2.75) is 126 Å². The Bertz CT molecular complexity index is 1540. The maximum absolute atomic E-state index is 12.1. The van der Waals surface area contributed by atoms with E-state index in [9.17, 15) is 5.11 Å². The summed E-state index contributed by atoms with van der Waals surface area (Å²) in [6.45, 7) is 29.3. The monoisotopic (exact) mass is 719 g/mol. The molecular formula is C41H61NO4SSi2. The minimum absolute atomic E-state index is 0.0817. The number of benzene rings is 3. The predicted molar refractivity (Wildman–Crippen MR) is 213 cm³/mol. The Morgan fingerprint density at radius 2 is 1.33 bits per heavy atom. The van der Waals surface area contributed by atoms with Crippen molar-refractivity contribution in [1.82, 2.24) is 4.90 Å². The van der Waals surface area contributed by atoms with Gasteiger partial charge in [-0.2, -0.15) is 0 Å². The van der Waals surface area contributed by atoms with E-state index in [1.807, 2.05) is 24.3 Å². The van der Waals surface area contributed by atoms with E-state index in [0.29, 0.717) is 23.2 Å². The predicted octanol–water partition coefficient (Wildman–Crippen LogP) is 11.6. The highest BCUT2D eigenvalue weighted by molar-refractivity contribution is 7.99. The van der Waals surface area contributed by atoms with Gasteiger partial charge in [-0.05, 0) is 125 Å². The van der Waals surface area contributed by atoms with Gasteiger partial charge in [0.1, 0.15) is 23.9 Å². The first-order valence-electron chi connectivity index (χ1n) is 18.5. The summed E-state index contributed by atoms with van der Waals surface area (Å²) in [4.78, 5) is 3.61. The van der Waals surface area contributed by atoms with Crippen LogP contribution in [0.2, 0.25) is 34.8 Å². The second kappa shape index (κ2) is 15.2. The van der Waals surface area contributed by atoms with Gasteiger partial charge < -0.3 is 18.7 Å². The smallest absolute Gasteiger partial charge is 0.258 e. The molecule has 0 radical (unpaired) electrons. The zero-order valence-corrected chi connectivity index (χ0v) is 34.7. The average molecular weight is 720 g/mol. The molecule has 0 saturated carbocycles. The third kappa shape index (κ3) is 8.14. The maximum Gasteiger partial charge on any atom is 0.258 e. The van der Waals surface area contributed by atoms with E-state index in [-0.39, 0.29) is 10.3 Å². The quantitative estimate of drug-likeness (QED) is 0.178. The summed E-state index contributed by atoms with van der Waals surface area (Å²) in [5.41, 5.74) is 5.77. The molecule has 2 atom stereocenters. The molecule has 0 aromatic heterocycles. The molecule has 0 spiro atoms. The summed E-state index contributed by atoms with van der Waals surface area (Å²) in [5.74, 6) is 2.67. The van der Waals surface area contributed by atoms with Crippen LogP contribution >= 0.6 is 11.8 Å². The molecular weight excluding hydrogens is 659 g/mol. The molecule has 2 aliphatic rings. The van der Waals surface area contributed by atoms with Crippen molar-refractivity contribution in [3.05, 3.63) is 71.8 Å². The van der Waals surface area contributed by atoms with Crippen LogP contribution in [0.5, 0.6) is 17.2 Å². The lowest BCUT2D eigenvalue weighted by Gasteiger charge is -2.42. The van der Waals surface area contributed by atoms with Gasteiger partial charge >= 0.3 is 0 Å². The van der Waals surface area contributed by atoms with Gasteiger partial charge in [-0.15, -0.1) is 11.8 Å². The first kappa shape index (κ1) is 38.0. The standard InChI is InChI=1S/C41H61NO4SSi2/c1-28(2)49(29(3)4,30(5)6)46-34-19-21-36-35-20-18-33(45-48(10,11)41(7,8)9)26-37(35)40(47-38(36)27-34)39(43)31-14-16-32(17-15-31)44-25-24-42-22-12-13-23-42/h14-21,26-30,39-40,43H,12-13,22-25H2,1-11H3/t39-,40+/m0/s1. The van der Waals surface area contributed by atoms with E-state index in [0.717, 1.165) is 45.4 Å². The van der Waals surface area contributed by atoms with Gasteiger partial charge in [0.15, 0.2) is 0 Å². The van der Waals surface area contributed by atoms with Crippen LogP contribution in [0, 0.1) is 0 Å². The van der Waals surface area contributed by atoms with Crippen LogP contribution in [-0.2, 0) is 0 Å². The van der Waals surface area contributed by atoms with E-state index in [2.05, 4.69) is 117 Å². The van der Waals surface area contributed by atoms with Crippen molar-refractivity contribution in [3.63, 3.8) is 0 Å². The number of hydrogen-bond donors (Lipinski definition) is 1. The first-order chi connectivity index (χ1) is 23.0. The second-order valence-electron chi connectivity index (χ2n) is 16.6. The molecule has 0 bridgehead atoms. The van der Waals surface area contributed by atoms with E-state index >= 15 is 0 Å². The number of aliphatic hydroxyl groups excluding tert-OH is 1. The Kier molecular flexibility index (Phi) is 11.8. The fourth-order valence-corrected chi connectivity index (χ4v) is 15.3. The number of ether oxygens (including phenoxy) is 1. The van der Waals surface area contributed by atoms with Gasteiger partial charge in [0, 0.05) is 11.4 Å². The summed E-state index contributed by atoms with van der Waals surface area (Å²) in [6.07, 6.45) is 1.85. The Morgan fingerprint density at radius 3 is 1.90 bits per heavy atom. The van der Waals surface area contributed by atoms with Crippen LogP contribution < -0.4 is 13.6 Å². The summed E-state index contributed by atoms with van der Waals surface area (Å²) >= 11 is 1.74. The first-order valence-corrected chi connectivity index (χ1v) is 24.4. The Balaban J connectivity index is 1.48. The molecule has 5 nitrogen and oxygen atoms in total. The molecule has 0 amide bonds. The second-order valence-corrected chi connectivity index (χ2v) is 27.9. The van der Waals surface area contributed by atoms with E-state index in [1.165, 1.54) is 31.5 Å². The molecule has 8 heteroatoms. The van der Waals surface area contributed by atoms with Crippen molar-refractivity contribution in [2.75, 3.05) is 26.2 Å². The highest BCUT2D eigenvalue weighted by Gasteiger charge is 2.47. The van der Waals surface area contributed by atoms with Crippen molar-refractivity contribution in [2.24, 2.45) is 0 Å². The van der Waals surface area contributed by atoms with Crippen LogP contribution in [0.25, 0.3) is 11.1 Å². The number of rotatable bonds is 13. The van der Waals surface area contributed by atoms with Gasteiger partial charge in [0.25, 0.3) is 8.32 Å². The topological polar surface area (TPSA) is 51.2 Å². The van der Waals surface area contributed by atoms with Gasteiger partial charge in [0.2, 0.25) is 8.32 Å². The van der Waals surface area contributed by atoms with E-state index < -0.39 is 22.7 Å². The number of hydrogen-bond acceptors (Lipinski definition) is 6. The fourth-order valence-electron chi connectivity index (χ4n) is 7.65. The van der Waals surface area contributed by atoms with Crippen LogP contribution in [0.4, 0.5) is 0 Å². The number of nitrogens with zero attached hydrogens (tertiary/aromatic N) is 1. The third-order valence-corrected chi connectivity index (χ3v) is 23.1. The Morgan fingerprint density at radius 1 is 0.776 bits per heavy atom. The highest BCUT2D eigenvalue weighted by Crippen LogP contribution is 2.56. The molecule has 1 N–H and O–H groups in total. The Labute approximate surface area is 303 Å². The van der Waals surface area contributed by atoms with E-state index in [4.69, 9.17) is 13.6 Å². The summed E-state index contributed by atoms with van der Waals surface area (Å²) in [5, 5.41) is 12.0. The number of likely N-dealkylation sites (tertiary alicyclic amines) is 1. The molecule has 268 valence electrons. The maximum atomic E-state index is 12.1. The number of thioether (sulfide) groups is 1. The largest absolute Gasteiger partial charge is 0.543 e. The lowest BCUT2D eigenvalue weighted by Crippen LogP contribution is -2.50. The van der Waals surface area contributed by atoms with Crippen LogP contribution in [-0.4, -0.2) is 52.9 Å². The fraction of sp³-hybridized carbons (Fsp3) is 0.561. The average Bonchev–Trinajstić information content (AvgIpc) is 3.55. The van der Waals surface area contributed by atoms with E-state index in [1.54, 1.807) is 11.8 Å². The summed E-state index contributed by atoms with van der Waals surface area (Å²) in [6, 6.07) is 21.2. The van der Waals surface area contributed by atoms with Crippen LogP contribution in [0.15, 0.2) is 65.6 Å². The van der Waals surface area contributed by atoms with Crippen molar-refractivity contribution < 1.29 is 18.7 Å². The molecule has 1 saturated heterocycles. The minimum Gasteiger partial charge on any atom is -0.543 e. The van der Waals surface area contributed by atoms with Crippen LogP contribution in [0.3, 0.4) is 0 Å². The summed E-state index contributed by atoms with van der Waals surface area (Å²) < 4.78 is 20.0. The number of fused-ring (bicyclic) bond motifs is 3. The molecule has 0 unspecified atom stereocenters. The molecule has 3 aromatic rings. The van der Waals surface area contributed by atoms with Crippen LogP contribution in [0.1, 0.15) is 97.6 Å². The zero-order chi connectivity index (χ0) is 35.7. The lowest BCUT2D eigenvalue weighted by molar-refractivity contribution is 0.174. The molecule has 0 aliphatic carbocycles. The zero-order valence-electron chi connectivity index (χ0n) is 31.9. The summed E-state index contributed by atoms with van der Waals surface area (Å²) in [7, 11) is -4.19. The van der Waals surface area contributed by atoms with Gasteiger partial charge in [0.05, 0.1) is 11.4 Å². The molecule has 2 heterocycles. The van der Waals surface area contributed by atoms with Gasteiger partial charge in [-0.25, -0.2) is 0 Å². The minimum atomic E-state index is -2.13. The van der Waals surface area contributed by atoms with Crippen molar-refractivity contribution in [1.29, 1.82) is 0 Å². The third-order valence-electron chi connectivity index (χ3n) is 11.4. The molecule has 49 heavy (non-hydrogen) atoms. The Hall–Kier alpha value is -2.24. The molecule has 3 aromatic carbocycles.